The number of nitrogens with two attached hydrogens (primary N) is 2. The van der Waals surface area contributed by atoms with Gasteiger partial charge in [0.05, 0.1) is 27.9 Å². The predicted molar refractivity (Wildman–Crippen MR) is 120 cm³/mol. The number of aliphatic imine (C=N–C) groups is 1. The number of aromatic nitrogens is 1. The van der Waals surface area contributed by atoms with Gasteiger partial charge in [-0.3, -0.25) is 9.79 Å². The van der Waals surface area contributed by atoms with Crippen LogP contribution >= 0.6 is 11.6 Å². The summed E-state index contributed by atoms with van der Waals surface area (Å²) in [4.78, 5) is 22.8. The van der Waals surface area contributed by atoms with Gasteiger partial charge in [0.15, 0.2) is 17.5 Å². The highest BCUT2D eigenvalue weighted by atomic mass is 35.5. The molecule has 9 nitrogen and oxygen atoms in total. The molecule has 31 heavy (non-hydrogen) atoms. The standard InChI is InChI=1S/C21H28ClN5O4/c1-13-5-6-15(20(22)26-13)12-27(18(28)7-8-25-21(23)24)11-14-9-16(29-2)19(31-4)17(10-14)30-3/h5-6,9-10H,7-8,11-12H2,1-4H3,(H4,23,24,25). The van der Waals surface area contributed by atoms with E-state index in [9.17, 15) is 4.79 Å². The highest BCUT2D eigenvalue weighted by Gasteiger charge is 2.19. The van der Waals surface area contributed by atoms with Crippen LogP contribution < -0.4 is 25.7 Å². The molecule has 0 saturated carbocycles. The van der Waals surface area contributed by atoms with Crippen LogP contribution in [0.5, 0.6) is 17.2 Å². The number of guanidine groups is 1. The van der Waals surface area contributed by atoms with Crippen LogP contribution in [0.1, 0.15) is 23.2 Å². The molecular weight excluding hydrogens is 422 g/mol. The van der Waals surface area contributed by atoms with Crippen molar-refractivity contribution in [2.75, 3.05) is 27.9 Å². The lowest BCUT2D eigenvalue weighted by atomic mass is 10.1. The van der Waals surface area contributed by atoms with E-state index in [0.29, 0.717) is 22.4 Å². The second-order valence-corrected chi connectivity index (χ2v) is 7.10. The average molecular weight is 450 g/mol. The third-order valence-corrected chi connectivity index (χ3v) is 4.82. The predicted octanol–water partition coefficient (Wildman–Crippen LogP) is 2.26. The number of rotatable bonds is 10. The minimum Gasteiger partial charge on any atom is -0.493 e. The molecule has 1 amide bonds. The number of halogens is 1. The van der Waals surface area contributed by atoms with Gasteiger partial charge in [0.1, 0.15) is 5.15 Å². The van der Waals surface area contributed by atoms with E-state index in [2.05, 4.69) is 9.98 Å². The number of nitrogens with zero attached hydrogens (tertiary/aromatic N) is 3. The molecule has 0 bridgehead atoms. The lowest BCUT2D eigenvalue weighted by Crippen LogP contribution is -2.31. The van der Waals surface area contributed by atoms with Crippen molar-refractivity contribution in [3.63, 3.8) is 0 Å². The molecule has 0 radical (unpaired) electrons. The van der Waals surface area contributed by atoms with Gasteiger partial charge in [-0.15, -0.1) is 0 Å². The van der Waals surface area contributed by atoms with E-state index in [4.69, 9.17) is 37.3 Å². The Hall–Kier alpha value is -3.20. The van der Waals surface area contributed by atoms with Gasteiger partial charge >= 0.3 is 0 Å². The number of ether oxygens (including phenoxy) is 3. The Kier molecular flexibility index (Phi) is 8.75. The zero-order valence-corrected chi connectivity index (χ0v) is 18.9. The molecule has 2 aromatic rings. The normalized spacial score (nSPS) is 10.4. The molecule has 0 spiro atoms. The molecule has 1 aromatic heterocycles. The summed E-state index contributed by atoms with van der Waals surface area (Å²) >= 11 is 6.30. The highest BCUT2D eigenvalue weighted by Crippen LogP contribution is 2.38. The van der Waals surface area contributed by atoms with Crippen LogP contribution in [-0.4, -0.2) is 49.6 Å². The van der Waals surface area contributed by atoms with E-state index in [1.54, 1.807) is 17.0 Å². The molecule has 10 heteroatoms. The topological polar surface area (TPSA) is 125 Å². The summed E-state index contributed by atoms with van der Waals surface area (Å²) in [6.07, 6.45) is 0.138. The van der Waals surface area contributed by atoms with E-state index in [-0.39, 0.29) is 37.9 Å². The Balaban J connectivity index is 2.35. The molecule has 1 heterocycles. The molecule has 0 aliphatic carbocycles. The fraction of sp³-hybridized carbons (Fsp3) is 0.381. The molecule has 0 atom stereocenters. The zero-order valence-electron chi connectivity index (χ0n) is 18.1. The third kappa shape index (κ3) is 6.65. The molecule has 0 saturated heterocycles. The van der Waals surface area contributed by atoms with Crippen molar-refractivity contribution in [1.29, 1.82) is 0 Å². The van der Waals surface area contributed by atoms with Gasteiger partial charge < -0.3 is 30.6 Å². The molecule has 168 valence electrons. The van der Waals surface area contributed by atoms with Gasteiger partial charge in [-0.25, -0.2) is 4.98 Å². The summed E-state index contributed by atoms with van der Waals surface area (Å²) in [5, 5.41) is 0.354. The number of hydrogen-bond donors (Lipinski definition) is 2. The summed E-state index contributed by atoms with van der Waals surface area (Å²) < 4.78 is 16.2. The number of carbonyl (C=O) groups is 1. The Labute approximate surface area is 186 Å². The van der Waals surface area contributed by atoms with E-state index in [1.807, 2.05) is 19.1 Å². The van der Waals surface area contributed by atoms with Gasteiger partial charge in [-0.05, 0) is 30.7 Å². The number of carbonyl (C=O) groups excluding carboxylic acids is 1. The summed E-state index contributed by atoms with van der Waals surface area (Å²) in [5.41, 5.74) is 13.0. The number of aryl methyl sites for hydroxylation is 1. The van der Waals surface area contributed by atoms with Crippen LogP contribution in [0.25, 0.3) is 0 Å². The first kappa shape index (κ1) is 24.1. The lowest BCUT2D eigenvalue weighted by Gasteiger charge is -2.24. The third-order valence-electron chi connectivity index (χ3n) is 4.50. The van der Waals surface area contributed by atoms with Crippen molar-refractivity contribution in [2.24, 2.45) is 16.5 Å². The maximum Gasteiger partial charge on any atom is 0.225 e. The van der Waals surface area contributed by atoms with Crippen LogP contribution in [0.4, 0.5) is 0 Å². The Morgan fingerprint density at radius 1 is 1.10 bits per heavy atom. The average Bonchev–Trinajstić information content (AvgIpc) is 2.73. The highest BCUT2D eigenvalue weighted by molar-refractivity contribution is 6.30. The number of hydrogen-bond acceptors (Lipinski definition) is 6. The molecule has 0 unspecified atom stereocenters. The van der Waals surface area contributed by atoms with Crippen LogP contribution in [0.2, 0.25) is 5.15 Å². The van der Waals surface area contributed by atoms with E-state index in [0.717, 1.165) is 16.8 Å². The molecule has 0 aliphatic rings. The van der Waals surface area contributed by atoms with E-state index in [1.165, 1.54) is 21.3 Å². The molecular formula is C21H28ClN5O4. The first-order chi connectivity index (χ1) is 14.8. The largest absolute Gasteiger partial charge is 0.493 e. The summed E-state index contributed by atoms with van der Waals surface area (Å²) in [5.74, 6) is 1.27. The number of pyridine rings is 1. The van der Waals surface area contributed by atoms with Crippen molar-refractivity contribution in [1.82, 2.24) is 9.88 Å². The first-order valence-electron chi connectivity index (χ1n) is 9.53. The Bertz CT molecular complexity index is 922. The first-order valence-corrected chi connectivity index (χ1v) is 9.90. The van der Waals surface area contributed by atoms with Gasteiger partial charge in [-0.1, -0.05) is 17.7 Å². The van der Waals surface area contributed by atoms with Crippen molar-refractivity contribution in [3.05, 3.63) is 46.2 Å². The summed E-state index contributed by atoms with van der Waals surface area (Å²) in [6.45, 7) is 2.58. The molecule has 2 rings (SSSR count). The zero-order chi connectivity index (χ0) is 23.0. The number of amides is 1. The van der Waals surface area contributed by atoms with Gasteiger partial charge in [0.25, 0.3) is 0 Å². The second kappa shape index (κ2) is 11.3. The smallest absolute Gasteiger partial charge is 0.225 e. The summed E-state index contributed by atoms with van der Waals surface area (Å²) in [6, 6.07) is 7.30. The minimum absolute atomic E-state index is 0.0604. The monoisotopic (exact) mass is 449 g/mol. The maximum atomic E-state index is 13.0. The molecule has 0 fully saturated rings. The maximum absolute atomic E-state index is 13.0. The number of benzene rings is 1. The van der Waals surface area contributed by atoms with Gasteiger partial charge in [-0.2, -0.15) is 0 Å². The fourth-order valence-corrected chi connectivity index (χ4v) is 3.25. The van der Waals surface area contributed by atoms with Gasteiger partial charge in [0, 0.05) is 30.8 Å². The Morgan fingerprint density at radius 2 is 1.74 bits per heavy atom. The fourth-order valence-electron chi connectivity index (χ4n) is 3.00. The van der Waals surface area contributed by atoms with E-state index >= 15 is 0 Å². The molecule has 0 aliphatic heterocycles. The van der Waals surface area contributed by atoms with Crippen LogP contribution in [-0.2, 0) is 17.9 Å². The van der Waals surface area contributed by atoms with Crippen molar-refractivity contribution < 1.29 is 19.0 Å². The Morgan fingerprint density at radius 3 is 2.26 bits per heavy atom. The number of methoxy groups -OCH3 is 3. The molecule has 1 aromatic carbocycles. The van der Waals surface area contributed by atoms with Crippen LogP contribution in [0.15, 0.2) is 29.3 Å². The van der Waals surface area contributed by atoms with Crippen molar-refractivity contribution in [2.45, 2.75) is 26.4 Å². The molecule has 4 N–H and O–H groups in total. The van der Waals surface area contributed by atoms with Crippen LogP contribution in [0, 0.1) is 6.92 Å². The van der Waals surface area contributed by atoms with Crippen molar-refractivity contribution in [3.8, 4) is 17.2 Å². The minimum atomic E-state index is -0.143. The van der Waals surface area contributed by atoms with Crippen LogP contribution in [0.3, 0.4) is 0 Å². The SMILES string of the molecule is COc1cc(CN(Cc2ccc(C)nc2Cl)C(=O)CCN=C(N)N)cc(OC)c1OC. The lowest BCUT2D eigenvalue weighted by molar-refractivity contribution is -0.132. The second-order valence-electron chi connectivity index (χ2n) is 6.74. The summed E-state index contributed by atoms with van der Waals surface area (Å²) in [7, 11) is 4.61. The van der Waals surface area contributed by atoms with Crippen molar-refractivity contribution >= 4 is 23.5 Å². The van der Waals surface area contributed by atoms with E-state index < -0.39 is 0 Å². The van der Waals surface area contributed by atoms with Gasteiger partial charge in [0.2, 0.25) is 11.7 Å². The quantitative estimate of drug-likeness (QED) is 0.323.